The van der Waals surface area contributed by atoms with Gasteiger partial charge in [0, 0.05) is 12.0 Å². The molecule has 0 radical (unpaired) electrons. The first-order valence-corrected chi connectivity index (χ1v) is 5.90. The van der Waals surface area contributed by atoms with Crippen LogP contribution in [0.25, 0.3) is 0 Å². The number of benzene rings is 1. The molecule has 92 valence electrons. The highest BCUT2D eigenvalue weighted by atomic mass is 16.1. The molecular formula is C13H14N4O. The largest absolute Gasteiger partial charge is 0.391 e. The Morgan fingerprint density at radius 2 is 2.11 bits per heavy atom. The molecule has 2 aromatic rings. The molecule has 1 aromatic heterocycles. The van der Waals surface area contributed by atoms with Crippen LogP contribution in [0.3, 0.4) is 0 Å². The van der Waals surface area contributed by atoms with E-state index in [0.29, 0.717) is 17.8 Å². The number of aromatic amines is 1. The fourth-order valence-electron chi connectivity index (χ4n) is 2.12. The third kappa shape index (κ3) is 1.95. The van der Waals surface area contributed by atoms with Gasteiger partial charge in [0.1, 0.15) is 5.69 Å². The summed E-state index contributed by atoms with van der Waals surface area (Å²) in [5.74, 6) is 0.953. The summed E-state index contributed by atoms with van der Waals surface area (Å²) in [6, 6.07) is 10.6. The minimum Gasteiger partial charge on any atom is -0.391 e. The summed E-state index contributed by atoms with van der Waals surface area (Å²) in [6.07, 6.45) is 2.40. The van der Waals surface area contributed by atoms with Crippen LogP contribution >= 0.6 is 0 Å². The van der Waals surface area contributed by atoms with Gasteiger partial charge in [-0.25, -0.2) is 4.98 Å². The van der Waals surface area contributed by atoms with E-state index in [4.69, 9.17) is 5.73 Å². The Hall–Kier alpha value is -2.30. The average Bonchev–Trinajstić information content (AvgIpc) is 3.15. The number of rotatable bonds is 3. The molecular weight excluding hydrogens is 228 g/mol. The quantitative estimate of drug-likeness (QED) is 0.758. The van der Waals surface area contributed by atoms with Crippen molar-refractivity contribution in [2.75, 3.05) is 11.1 Å². The SMILES string of the molecule is Nc1c(NC2CC2c2ccccc2)nc[nH]c1=O. The molecule has 1 aliphatic rings. The van der Waals surface area contributed by atoms with E-state index in [1.54, 1.807) is 0 Å². The molecule has 1 heterocycles. The Morgan fingerprint density at radius 3 is 2.89 bits per heavy atom. The fraction of sp³-hybridized carbons (Fsp3) is 0.231. The molecule has 1 fully saturated rings. The van der Waals surface area contributed by atoms with E-state index in [9.17, 15) is 4.79 Å². The predicted octanol–water partition coefficient (Wildman–Crippen LogP) is 1.32. The number of nitrogens with two attached hydrogens (primary N) is 1. The second-order valence-electron chi connectivity index (χ2n) is 4.50. The van der Waals surface area contributed by atoms with E-state index in [1.165, 1.54) is 11.9 Å². The lowest BCUT2D eigenvalue weighted by Crippen LogP contribution is -2.17. The Labute approximate surface area is 104 Å². The van der Waals surface area contributed by atoms with Crippen LogP contribution in [0.4, 0.5) is 11.5 Å². The maximum absolute atomic E-state index is 11.3. The summed E-state index contributed by atoms with van der Waals surface area (Å²) in [4.78, 5) is 17.8. The number of nitrogens with zero attached hydrogens (tertiary/aromatic N) is 1. The second kappa shape index (κ2) is 4.18. The van der Waals surface area contributed by atoms with Crippen molar-refractivity contribution in [1.29, 1.82) is 0 Å². The molecule has 5 heteroatoms. The number of nitrogen functional groups attached to an aromatic ring is 1. The van der Waals surface area contributed by atoms with Gasteiger partial charge in [-0.3, -0.25) is 4.79 Å². The Bertz CT molecular complexity index is 608. The van der Waals surface area contributed by atoms with E-state index in [1.807, 2.05) is 18.2 Å². The van der Waals surface area contributed by atoms with Crippen LogP contribution in [-0.2, 0) is 0 Å². The van der Waals surface area contributed by atoms with Gasteiger partial charge in [-0.1, -0.05) is 30.3 Å². The number of hydrogen-bond donors (Lipinski definition) is 3. The van der Waals surface area contributed by atoms with Crippen LogP contribution in [0.2, 0.25) is 0 Å². The van der Waals surface area contributed by atoms with Gasteiger partial charge in [0.15, 0.2) is 5.82 Å². The zero-order valence-corrected chi connectivity index (χ0v) is 9.76. The van der Waals surface area contributed by atoms with Gasteiger partial charge in [-0.15, -0.1) is 0 Å². The lowest BCUT2D eigenvalue weighted by molar-refractivity contribution is 1.02. The smallest absolute Gasteiger partial charge is 0.276 e. The first kappa shape index (κ1) is 10.8. The van der Waals surface area contributed by atoms with Crippen molar-refractivity contribution in [3.05, 3.63) is 52.6 Å². The number of aromatic nitrogens is 2. The first-order valence-electron chi connectivity index (χ1n) is 5.90. The highest BCUT2D eigenvalue weighted by Gasteiger charge is 2.38. The van der Waals surface area contributed by atoms with Crippen molar-refractivity contribution in [3.63, 3.8) is 0 Å². The molecule has 2 atom stereocenters. The van der Waals surface area contributed by atoms with Crippen molar-refractivity contribution < 1.29 is 0 Å². The molecule has 0 saturated heterocycles. The van der Waals surface area contributed by atoms with Gasteiger partial charge in [0.25, 0.3) is 5.56 Å². The van der Waals surface area contributed by atoms with E-state index in [-0.39, 0.29) is 11.2 Å². The minimum absolute atomic E-state index is 0.149. The van der Waals surface area contributed by atoms with Crippen LogP contribution < -0.4 is 16.6 Å². The van der Waals surface area contributed by atoms with Crippen molar-refractivity contribution in [3.8, 4) is 0 Å². The van der Waals surface area contributed by atoms with E-state index in [0.717, 1.165) is 6.42 Å². The van der Waals surface area contributed by atoms with Gasteiger partial charge >= 0.3 is 0 Å². The molecule has 2 unspecified atom stereocenters. The standard InChI is InChI=1S/C13H14N4O/c14-11-12(15-7-16-13(11)18)17-10-6-9(10)8-4-2-1-3-5-8/h1-5,7,9-10H,6,14H2,(H2,15,16,17,18). The molecule has 18 heavy (non-hydrogen) atoms. The summed E-state index contributed by atoms with van der Waals surface area (Å²) in [5, 5.41) is 3.22. The van der Waals surface area contributed by atoms with Crippen molar-refractivity contribution >= 4 is 11.5 Å². The number of H-pyrrole nitrogens is 1. The van der Waals surface area contributed by atoms with E-state index < -0.39 is 0 Å². The highest BCUT2D eigenvalue weighted by molar-refractivity contribution is 5.60. The number of anilines is 2. The van der Waals surface area contributed by atoms with Gasteiger partial charge in [0.05, 0.1) is 6.33 Å². The van der Waals surface area contributed by atoms with Crippen molar-refractivity contribution in [2.45, 2.75) is 18.4 Å². The van der Waals surface area contributed by atoms with Gasteiger partial charge in [-0.05, 0) is 12.0 Å². The average molecular weight is 242 g/mol. The highest BCUT2D eigenvalue weighted by Crippen LogP contribution is 2.42. The van der Waals surface area contributed by atoms with Gasteiger partial charge in [0.2, 0.25) is 0 Å². The van der Waals surface area contributed by atoms with Crippen molar-refractivity contribution in [1.82, 2.24) is 9.97 Å². The minimum atomic E-state index is -0.301. The predicted molar refractivity (Wildman–Crippen MR) is 70.5 cm³/mol. The third-order valence-corrected chi connectivity index (χ3v) is 3.23. The van der Waals surface area contributed by atoms with Crippen LogP contribution in [0.5, 0.6) is 0 Å². The molecule has 1 aromatic carbocycles. The van der Waals surface area contributed by atoms with Gasteiger partial charge in [-0.2, -0.15) is 0 Å². The molecule has 0 aliphatic heterocycles. The molecule has 0 spiro atoms. The Kier molecular flexibility index (Phi) is 2.51. The number of hydrogen-bond acceptors (Lipinski definition) is 4. The molecule has 5 nitrogen and oxygen atoms in total. The molecule has 1 saturated carbocycles. The monoisotopic (exact) mass is 242 g/mol. The zero-order chi connectivity index (χ0) is 12.5. The lowest BCUT2D eigenvalue weighted by Gasteiger charge is -2.06. The molecule has 4 N–H and O–H groups in total. The van der Waals surface area contributed by atoms with Crippen LogP contribution in [0.1, 0.15) is 17.9 Å². The second-order valence-corrected chi connectivity index (χ2v) is 4.50. The van der Waals surface area contributed by atoms with Crippen LogP contribution in [0, 0.1) is 0 Å². The Morgan fingerprint density at radius 1 is 1.33 bits per heavy atom. The molecule has 1 aliphatic carbocycles. The fourth-order valence-corrected chi connectivity index (χ4v) is 2.12. The summed E-state index contributed by atoms with van der Waals surface area (Å²) in [6.45, 7) is 0. The van der Waals surface area contributed by atoms with E-state index >= 15 is 0 Å². The molecule has 0 bridgehead atoms. The summed E-state index contributed by atoms with van der Waals surface area (Å²) in [5.41, 5.74) is 6.83. The molecule has 3 rings (SSSR count). The Balaban J connectivity index is 1.73. The lowest BCUT2D eigenvalue weighted by atomic mass is 10.1. The third-order valence-electron chi connectivity index (χ3n) is 3.23. The van der Waals surface area contributed by atoms with E-state index in [2.05, 4.69) is 27.4 Å². The normalized spacial score (nSPS) is 21.6. The van der Waals surface area contributed by atoms with Crippen LogP contribution in [0.15, 0.2) is 41.5 Å². The van der Waals surface area contributed by atoms with Crippen molar-refractivity contribution in [2.24, 2.45) is 0 Å². The summed E-state index contributed by atoms with van der Waals surface area (Å²) >= 11 is 0. The van der Waals surface area contributed by atoms with Gasteiger partial charge < -0.3 is 16.0 Å². The maximum Gasteiger partial charge on any atom is 0.276 e. The van der Waals surface area contributed by atoms with Crippen LogP contribution in [-0.4, -0.2) is 16.0 Å². The zero-order valence-electron chi connectivity index (χ0n) is 9.76. The maximum atomic E-state index is 11.3. The summed E-state index contributed by atoms with van der Waals surface area (Å²) < 4.78 is 0. The first-order chi connectivity index (χ1) is 8.75. The molecule has 0 amide bonds. The number of nitrogens with one attached hydrogen (secondary N) is 2. The topological polar surface area (TPSA) is 83.8 Å². The summed E-state index contributed by atoms with van der Waals surface area (Å²) in [7, 11) is 0.